The van der Waals surface area contributed by atoms with Crippen molar-refractivity contribution in [2.45, 2.75) is 0 Å². The third kappa shape index (κ3) is 0.741. The molecule has 2 aromatic rings. The highest BCUT2D eigenvalue weighted by Crippen LogP contribution is 2.17. The van der Waals surface area contributed by atoms with Gasteiger partial charge in [-0.05, 0) is 24.3 Å². The first-order chi connectivity index (χ1) is 5.29. The van der Waals surface area contributed by atoms with Crippen LogP contribution in [0, 0.1) is 0 Å². The van der Waals surface area contributed by atoms with E-state index >= 15 is 0 Å². The van der Waals surface area contributed by atoms with E-state index in [2.05, 4.69) is 0 Å². The van der Waals surface area contributed by atoms with E-state index in [9.17, 15) is 0 Å². The summed E-state index contributed by atoms with van der Waals surface area (Å²) >= 11 is 0. The van der Waals surface area contributed by atoms with Gasteiger partial charge in [-0.15, -0.1) is 0 Å². The Morgan fingerprint density at radius 1 is 1.09 bits per heavy atom. The lowest BCUT2D eigenvalue weighted by atomic mass is 10.3. The van der Waals surface area contributed by atoms with Crippen LogP contribution >= 0.6 is 0 Å². The summed E-state index contributed by atoms with van der Waals surface area (Å²) < 4.78 is 1.86. The number of nitrogens with zero attached hydrogens (tertiary/aromatic N) is 1. The lowest BCUT2D eigenvalue weighted by molar-refractivity contribution is 1.21. The summed E-state index contributed by atoms with van der Waals surface area (Å²) in [5, 5.41) is 0. The predicted molar refractivity (Wildman–Crippen MR) is 46.2 cm³/mol. The average Bonchev–Trinajstić information content (AvgIpc) is 2.35. The lowest BCUT2D eigenvalue weighted by Crippen LogP contribution is -1.94. The molecule has 56 valence electrons. The first kappa shape index (κ1) is 6.09. The molecule has 11 heavy (non-hydrogen) atoms. The van der Waals surface area contributed by atoms with Crippen molar-refractivity contribution in [3.63, 3.8) is 0 Å². The monoisotopic (exact) mass is 147 g/mol. The van der Waals surface area contributed by atoms with E-state index in [1.807, 2.05) is 34.9 Å². The van der Waals surface area contributed by atoms with Crippen molar-refractivity contribution in [3.8, 4) is 0 Å². The van der Waals surface area contributed by atoms with Crippen molar-refractivity contribution in [2.24, 2.45) is 0 Å². The van der Waals surface area contributed by atoms with Crippen LogP contribution in [0.3, 0.4) is 0 Å². The third-order valence-electron chi connectivity index (χ3n) is 1.76. The van der Waals surface area contributed by atoms with Crippen LogP contribution in [0.5, 0.6) is 0 Å². The highest BCUT2D eigenvalue weighted by Gasteiger charge is 1.98. The molecule has 0 fully saturated rings. The van der Waals surface area contributed by atoms with E-state index in [4.69, 9.17) is 11.5 Å². The Bertz CT molecular complexity index is 389. The Labute approximate surface area is 64.2 Å². The van der Waals surface area contributed by atoms with Crippen LogP contribution in [0.15, 0.2) is 30.5 Å². The molecule has 0 amide bonds. The van der Waals surface area contributed by atoms with Crippen molar-refractivity contribution in [1.82, 2.24) is 4.40 Å². The van der Waals surface area contributed by atoms with E-state index in [0.717, 1.165) is 11.2 Å². The summed E-state index contributed by atoms with van der Waals surface area (Å²) in [5.74, 6) is 0.715. The molecule has 0 saturated heterocycles. The van der Waals surface area contributed by atoms with Gasteiger partial charge >= 0.3 is 0 Å². The second-order valence-corrected chi connectivity index (χ2v) is 2.48. The van der Waals surface area contributed by atoms with Crippen molar-refractivity contribution < 1.29 is 0 Å². The zero-order valence-corrected chi connectivity index (χ0v) is 5.99. The molecule has 0 saturated carbocycles. The van der Waals surface area contributed by atoms with Crippen molar-refractivity contribution >= 4 is 17.0 Å². The van der Waals surface area contributed by atoms with E-state index in [1.165, 1.54) is 0 Å². The van der Waals surface area contributed by atoms with Gasteiger partial charge in [-0.25, -0.2) is 0 Å². The number of pyridine rings is 1. The number of hydrogen-bond acceptors (Lipinski definition) is 2. The smallest absolute Gasteiger partial charge is 0.107 e. The minimum atomic E-state index is 0.715. The Morgan fingerprint density at radius 3 is 2.64 bits per heavy atom. The fourth-order valence-corrected chi connectivity index (χ4v) is 1.18. The van der Waals surface area contributed by atoms with Gasteiger partial charge in [0, 0.05) is 6.20 Å². The van der Waals surface area contributed by atoms with E-state index in [-0.39, 0.29) is 0 Å². The first-order valence-electron chi connectivity index (χ1n) is 3.40. The summed E-state index contributed by atoms with van der Waals surface area (Å²) in [5.41, 5.74) is 13.1. The van der Waals surface area contributed by atoms with Crippen molar-refractivity contribution in [1.29, 1.82) is 0 Å². The zero-order valence-electron chi connectivity index (χ0n) is 5.99. The van der Waals surface area contributed by atoms with Gasteiger partial charge in [-0.1, -0.05) is 0 Å². The molecular weight excluding hydrogens is 138 g/mol. The number of fused-ring (bicyclic) bond motifs is 1. The predicted octanol–water partition coefficient (Wildman–Crippen LogP) is 1.10. The van der Waals surface area contributed by atoms with Crippen LogP contribution in [0.4, 0.5) is 11.5 Å². The molecule has 0 radical (unpaired) electrons. The molecule has 0 unspecified atom stereocenters. The zero-order chi connectivity index (χ0) is 7.84. The maximum Gasteiger partial charge on any atom is 0.107 e. The fraction of sp³-hybridized carbons (Fsp3) is 0. The van der Waals surface area contributed by atoms with Crippen LogP contribution in [0.2, 0.25) is 0 Å². The van der Waals surface area contributed by atoms with Crippen LogP contribution in [0.1, 0.15) is 0 Å². The molecule has 0 spiro atoms. The normalized spacial score (nSPS) is 10.5. The number of nitrogens with two attached hydrogens (primary N) is 2. The SMILES string of the molecule is Nc1cccn2c(N)ccc12. The van der Waals surface area contributed by atoms with Crippen LogP contribution in [-0.2, 0) is 0 Å². The van der Waals surface area contributed by atoms with Gasteiger partial charge in [-0.2, -0.15) is 0 Å². The summed E-state index contributed by atoms with van der Waals surface area (Å²) in [6, 6.07) is 7.48. The molecule has 0 aliphatic rings. The lowest BCUT2D eigenvalue weighted by Gasteiger charge is -1.98. The van der Waals surface area contributed by atoms with Crippen molar-refractivity contribution in [2.75, 3.05) is 11.5 Å². The summed E-state index contributed by atoms with van der Waals surface area (Å²) in [4.78, 5) is 0. The van der Waals surface area contributed by atoms with Gasteiger partial charge in [0.2, 0.25) is 0 Å². The fourth-order valence-electron chi connectivity index (χ4n) is 1.18. The number of rotatable bonds is 0. The van der Waals surface area contributed by atoms with Crippen molar-refractivity contribution in [3.05, 3.63) is 30.5 Å². The maximum absolute atomic E-state index is 5.69. The Hall–Kier alpha value is -1.64. The average molecular weight is 147 g/mol. The first-order valence-corrected chi connectivity index (χ1v) is 3.40. The Kier molecular flexibility index (Phi) is 1.06. The van der Waals surface area contributed by atoms with Crippen LogP contribution in [-0.4, -0.2) is 4.40 Å². The standard InChI is InChI=1S/C8H9N3/c9-6-2-1-5-11-7(6)3-4-8(11)10/h1-5H,9-10H2. The molecule has 3 nitrogen and oxygen atoms in total. The van der Waals surface area contributed by atoms with Gasteiger partial charge in [0.25, 0.3) is 0 Å². The molecule has 2 aromatic heterocycles. The summed E-state index contributed by atoms with van der Waals surface area (Å²) in [6.45, 7) is 0. The Balaban J connectivity index is 2.94. The van der Waals surface area contributed by atoms with E-state index in [0.29, 0.717) is 5.82 Å². The molecule has 2 heterocycles. The van der Waals surface area contributed by atoms with E-state index in [1.54, 1.807) is 0 Å². The topological polar surface area (TPSA) is 56.5 Å². The van der Waals surface area contributed by atoms with Gasteiger partial charge in [0.05, 0.1) is 11.2 Å². The van der Waals surface area contributed by atoms with Crippen LogP contribution < -0.4 is 11.5 Å². The van der Waals surface area contributed by atoms with Gasteiger partial charge in [0.1, 0.15) is 5.82 Å². The molecule has 0 bridgehead atoms. The van der Waals surface area contributed by atoms with E-state index < -0.39 is 0 Å². The quantitative estimate of drug-likeness (QED) is 0.586. The molecule has 2 rings (SSSR count). The van der Waals surface area contributed by atoms with Gasteiger partial charge in [0.15, 0.2) is 0 Å². The largest absolute Gasteiger partial charge is 0.397 e. The molecular formula is C8H9N3. The minimum absolute atomic E-state index is 0.715. The summed E-state index contributed by atoms with van der Waals surface area (Å²) in [7, 11) is 0. The molecule has 4 N–H and O–H groups in total. The second kappa shape index (κ2) is 1.92. The third-order valence-corrected chi connectivity index (χ3v) is 1.76. The minimum Gasteiger partial charge on any atom is -0.397 e. The number of hydrogen-bond donors (Lipinski definition) is 2. The number of anilines is 2. The molecule has 0 atom stereocenters. The molecule has 0 aromatic carbocycles. The number of nitrogen functional groups attached to an aromatic ring is 2. The number of aromatic nitrogens is 1. The summed E-state index contributed by atoms with van der Waals surface area (Å²) in [6.07, 6.45) is 1.89. The molecule has 0 aliphatic carbocycles. The van der Waals surface area contributed by atoms with Crippen LogP contribution in [0.25, 0.3) is 5.52 Å². The molecule has 0 aliphatic heterocycles. The van der Waals surface area contributed by atoms with Gasteiger partial charge < -0.3 is 15.9 Å². The maximum atomic E-state index is 5.69. The second-order valence-electron chi connectivity index (χ2n) is 2.48. The molecule has 3 heteroatoms. The highest BCUT2D eigenvalue weighted by atomic mass is 15.0. The van der Waals surface area contributed by atoms with Gasteiger partial charge in [-0.3, -0.25) is 0 Å². The Morgan fingerprint density at radius 2 is 1.91 bits per heavy atom. The highest BCUT2D eigenvalue weighted by molar-refractivity contribution is 5.72.